The molecule has 52 valence electrons. The third-order valence-electron chi connectivity index (χ3n) is 1.07. The van der Waals surface area contributed by atoms with E-state index in [4.69, 9.17) is 4.74 Å². The molecule has 0 radical (unpaired) electrons. The number of hydrogen-bond donors (Lipinski definition) is 2. The van der Waals surface area contributed by atoms with Crippen LogP contribution in [0, 0.1) is 0 Å². The van der Waals surface area contributed by atoms with Gasteiger partial charge in [-0.25, -0.2) is 0 Å². The van der Waals surface area contributed by atoms with E-state index >= 15 is 0 Å². The van der Waals surface area contributed by atoms with E-state index in [9.17, 15) is 4.79 Å². The Labute approximate surface area is 59.2 Å². The van der Waals surface area contributed by atoms with E-state index in [-0.39, 0.29) is 17.8 Å². The topological polar surface area (TPSA) is 41.6 Å². The molecule has 1 saturated heterocycles. The van der Waals surface area contributed by atoms with Gasteiger partial charge in [0.25, 0.3) is 0 Å². The second-order valence-corrected chi connectivity index (χ2v) is 2.23. The fourth-order valence-electron chi connectivity index (χ4n) is 0.469. The highest BCUT2D eigenvalue weighted by molar-refractivity contribution is 7.81. The third kappa shape index (κ3) is 2.72. The molecule has 1 unspecified atom stereocenters. The van der Waals surface area contributed by atoms with Gasteiger partial charge in [-0.2, -0.15) is 12.6 Å². The number of nitrogens with one attached hydrogen (secondary N) is 1. The number of hydrogen-bond acceptors (Lipinski definition) is 3. The van der Waals surface area contributed by atoms with Crippen LogP contribution in [0.4, 0.5) is 0 Å². The molecule has 3 nitrogen and oxygen atoms in total. The zero-order valence-corrected chi connectivity index (χ0v) is 5.86. The van der Waals surface area contributed by atoms with Crippen molar-refractivity contribution in [2.24, 2.45) is 0 Å². The Hall–Kier alpha value is -0.220. The smallest absolute Gasteiger partial charge is 0.229 e. The van der Waals surface area contributed by atoms with Crippen molar-refractivity contribution >= 4 is 18.5 Å². The fourth-order valence-corrected chi connectivity index (χ4v) is 0.581. The predicted octanol–water partition coefficient (Wildman–Crippen LogP) is -0.569. The van der Waals surface area contributed by atoms with Crippen molar-refractivity contribution in [3.63, 3.8) is 0 Å². The van der Waals surface area contributed by atoms with E-state index in [0.29, 0.717) is 6.54 Å². The normalized spacial score (nSPS) is 23.4. The van der Waals surface area contributed by atoms with Crippen LogP contribution in [0.3, 0.4) is 0 Å². The van der Waals surface area contributed by atoms with Gasteiger partial charge in [-0.3, -0.25) is 4.79 Å². The van der Waals surface area contributed by atoms with Crippen LogP contribution in [0.25, 0.3) is 0 Å². The van der Waals surface area contributed by atoms with Crippen LogP contribution in [-0.4, -0.2) is 30.9 Å². The molecule has 1 heterocycles. The standard InChI is InChI=1S/C5H9NO2S/c7-5(3-9)6-1-4-2-8-4/h4,9H,1-3H2,(H,6,7). The number of carbonyl (C=O) groups is 1. The van der Waals surface area contributed by atoms with Gasteiger partial charge < -0.3 is 10.1 Å². The van der Waals surface area contributed by atoms with Crippen molar-refractivity contribution in [2.75, 3.05) is 18.9 Å². The molecule has 0 spiro atoms. The fraction of sp³-hybridized carbons (Fsp3) is 0.800. The Kier molecular flexibility index (Phi) is 2.36. The van der Waals surface area contributed by atoms with Gasteiger partial charge in [0.05, 0.1) is 18.5 Å². The minimum absolute atomic E-state index is 0.0335. The Morgan fingerprint density at radius 3 is 3.00 bits per heavy atom. The summed E-state index contributed by atoms with van der Waals surface area (Å²) < 4.78 is 4.86. The minimum atomic E-state index is -0.0335. The third-order valence-corrected chi connectivity index (χ3v) is 1.36. The monoisotopic (exact) mass is 147 g/mol. The molecule has 4 heteroatoms. The van der Waals surface area contributed by atoms with Crippen LogP contribution in [0.5, 0.6) is 0 Å². The van der Waals surface area contributed by atoms with Crippen LogP contribution >= 0.6 is 12.6 Å². The van der Waals surface area contributed by atoms with Crippen LogP contribution in [0.1, 0.15) is 0 Å². The predicted molar refractivity (Wildman–Crippen MR) is 36.6 cm³/mol. The average Bonchev–Trinajstić information content (AvgIpc) is 2.65. The van der Waals surface area contributed by atoms with E-state index in [1.165, 1.54) is 0 Å². The van der Waals surface area contributed by atoms with Crippen LogP contribution < -0.4 is 5.32 Å². The lowest BCUT2D eigenvalue weighted by atomic mass is 10.5. The number of ether oxygens (including phenoxy) is 1. The van der Waals surface area contributed by atoms with E-state index in [2.05, 4.69) is 17.9 Å². The summed E-state index contributed by atoms with van der Waals surface area (Å²) in [5.74, 6) is 0.223. The van der Waals surface area contributed by atoms with Gasteiger partial charge in [0.15, 0.2) is 0 Å². The molecule has 0 bridgehead atoms. The molecule has 0 aliphatic carbocycles. The molecule has 1 fully saturated rings. The van der Waals surface area contributed by atoms with Crippen molar-refractivity contribution in [3.05, 3.63) is 0 Å². The molecule has 1 rings (SSSR count). The lowest BCUT2D eigenvalue weighted by molar-refractivity contribution is -0.118. The maximum atomic E-state index is 10.5. The van der Waals surface area contributed by atoms with Gasteiger partial charge in [-0.1, -0.05) is 0 Å². The van der Waals surface area contributed by atoms with Gasteiger partial charge in [0, 0.05) is 6.54 Å². The number of thiol groups is 1. The highest BCUT2D eigenvalue weighted by Crippen LogP contribution is 2.05. The zero-order chi connectivity index (χ0) is 6.69. The molecule has 1 amide bonds. The van der Waals surface area contributed by atoms with Crippen molar-refractivity contribution in [1.82, 2.24) is 5.32 Å². The van der Waals surface area contributed by atoms with E-state index < -0.39 is 0 Å². The summed E-state index contributed by atoms with van der Waals surface area (Å²) in [5, 5.41) is 2.65. The summed E-state index contributed by atoms with van der Waals surface area (Å²) in [6.45, 7) is 1.42. The van der Waals surface area contributed by atoms with Gasteiger partial charge in [0.1, 0.15) is 0 Å². The summed E-state index contributed by atoms with van der Waals surface area (Å²) in [5.41, 5.74) is 0. The number of epoxide rings is 1. The molecular formula is C5H9NO2S. The summed E-state index contributed by atoms with van der Waals surface area (Å²) >= 11 is 3.79. The molecule has 0 aromatic heterocycles. The van der Waals surface area contributed by atoms with E-state index in [1.54, 1.807) is 0 Å². The number of amides is 1. The van der Waals surface area contributed by atoms with Gasteiger partial charge in [-0.15, -0.1) is 0 Å². The summed E-state index contributed by atoms with van der Waals surface area (Å²) in [4.78, 5) is 10.5. The lowest BCUT2D eigenvalue weighted by Crippen LogP contribution is -2.28. The average molecular weight is 147 g/mol. The second-order valence-electron chi connectivity index (χ2n) is 1.92. The first kappa shape index (κ1) is 6.89. The number of carbonyl (C=O) groups excluding carboxylic acids is 1. The first-order valence-corrected chi connectivity index (χ1v) is 3.45. The highest BCUT2D eigenvalue weighted by atomic mass is 32.1. The molecule has 0 aromatic rings. The first-order chi connectivity index (χ1) is 4.33. The first-order valence-electron chi connectivity index (χ1n) is 2.82. The molecule has 9 heavy (non-hydrogen) atoms. The Morgan fingerprint density at radius 2 is 2.56 bits per heavy atom. The molecule has 1 N–H and O–H groups in total. The van der Waals surface area contributed by atoms with Gasteiger partial charge in [-0.05, 0) is 0 Å². The molecule has 1 atom stereocenters. The summed E-state index contributed by atoms with van der Waals surface area (Å²) in [6, 6.07) is 0. The molecule has 1 aliphatic rings. The molecule has 0 aromatic carbocycles. The quantitative estimate of drug-likeness (QED) is 0.414. The maximum absolute atomic E-state index is 10.5. The van der Waals surface area contributed by atoms with Gasteiger partial charge >= 0.3 is 0 Å². The SMILES string of the molecule is O=C(CS)NCC1CO1. The largest absolute Gasteiger partial charge is 0.371 e. The Balaban J connectivity index is 1.96. The molecule has 1 aliphatic heterocycles. The van der Waals surface area contributed by atoms with E-state index in [1.807, 2.05) is 0 Å². The molecular weight excluding hydrogens is 138 g/mol. The second kappa shape index (κ2) is 3.08. The van der Waals surface area contributed by atoms with Crippen molar-refractivity contribution in [1.29, 1.82) is 0 Å². The van der Waals surface area contributed by atoms with E-state index in [0.717, 1.165) is 6.61 Å². The molecule has 0 saturated carbocycles. The highest BCUT2D eigenvalue weighted by Gasteiger charge is 2.22. The minimum Gasteiger partial charge on any atom is -0.371 e. The lowest BCUT2D eigenvalue weighted by Gasteiger charge is -1.96. The van der Waals surface area contributed by atoms with Crippen LogP contribution in [0.15, 0.2) is 0 Å². The van der Waals surface area contributed by atoms with Crippen molar-refractivity contribution in [3.8, 4) is 0 Å². The number of rotatable bonds is 3. The van der Waals surface area contributed by atoms with Crippen LogP contribution in [-0.2, 0) is 9.53 Å². The van der Waals surface area contributed by atoms with Crippen molar-refractivity contribution < 1.29 is 9.53 Å². The Bertz CT molecular complexity index is 114. The zero-order valence-electron chi connectivity index (χ0n) is 4.96. The van der Waals surface area contributed by atoms with Crippen LogP contribution in [0.2, 0.25) is 0 Å². The summed E-state index contributed by atoms with van der Waals surface area (Å²) in [7, 11) is 0. The summed E-state index contributed by atoms with van der Waals surface area (Å²) in [6.07, 6.45) is 0.272. The van der Waals surface area contributed by atoms with Crippen molar-refractivity contribution in [2.45, 2.75) is 6.10 Å². The van der Waals surface area contributed by atoms with Gasteiger partial charge in [0.2, 0.25) is 5.91 Å². The Morgan fingerprint density at radius 1 is 1.89 bits per heavy atom. The maximum Gasteiger partial charge on any atom is 0.229 e.